The molecule has 0 atom stereocenters. The predicted octanol–water partition coefficient (Wildman–Crippen LogP) is 2.09. The number of aromatic amines is 1. The highest BCUT2D eigenvalue weighted by atomic mass is 16.1. The Bertz CT molecular complexity index is 840. The average molecular weight is 321 g/mol. The van der Waals surface area contributed by atoms with Crippen LogP contribution >= 0.6 is 0 Å². The summed E-state index contributed by atoms with van der Waals surface area (Å²) in [4.78, 5) is 24.9. The van der Waals surface area contributed by atoms with Crippen LogP contribution in [-0.4, -0.2) is 37.1 Å². The van der Waals surface area contributed by atoms with Gasteiger partial charge in [0.25, 0.3) is 5.91 Å². The van der Waals surface area contributed by atoms with Crippen LogP contribution in [0.5, 0.6) is 0 Å². The van der Waals surface area contributed by atoms with Gasteiger partial charge in [0, 0.05) is 24.6 Å². The summed E-state index contributed by atoms with van der Waals surface area (Å²) in [5.41, 5.74) is 2.23. The number of carbonyl (C=O) groups is 1. The highest BCUT2D eigenvalue weighted by Gasteiger charge is 2.21. The Kier molecular flexibility index (Phi) is 3.62. The molecule has 8 nitrogen and oxygen atoms in total. The zero-order valence-electron chi connectivity index (χ0n) is 12.7. The number of carbonyl (C=O) groups excluding carboxylic acids is 1. The minimum Gasteiger partial charge on any atom is -0.367 e. The second kappa shape index (κ2) is 6.07. The Labute approximate surface area is 137 Å². The molecule has 1 aliphatic carbocycles. The van der Waals surface area contributed by atoms with E-state index in [-0.39, 0.29) is 5.91 Å². The van der Waals surface area contributed by atoms with Crippen LogP contribution in [-0.2, 0) is 0 Å². The second-order valence-corrected chi connectivity index (χ2v) is 5.55. The van der Waals surface area contributed by atoms with E-state index in [0.29, 0.717) is 28.7 Å². The van der Waals surface area contributed by atoms with E-state index in [1.165, 1.54) is 12.8 Å². The number of amides is 1. The lowest BCUT2D eigenvalue weighted by molar-refractivity contribution is 0.102. The molecule has 1 aliphatic rings. The number of hydrogen-bond donors (Lipinski definition) is 3. The molecule has 3 N–H and O–H groups in total. The molecule has 0 bridgehead atoms. The molecule has 1 fully saturated rings. The summed E-state index contributed by atoms with van der Waals surface area (Å²) in [6.07, 6.45) is 10.2. The van der Waals surface area contributed by atoms with Crippen molar-refractivity contribution in [3.05, 3.63) is 48.7 Å². The maximum Gasteiger partial charge on any atom is 0.257 e. The highest BCUT2D eigenvalue weighted by molar-refractivity contribution is 6.05. The van der Waals surface area contributed by atoms with Crippen LogP contribution in [0.2, 0.25) is 0 Å². The standard InChI is InChI=1S/C16H15N7O/c24-16(10-1-4-14(19-7-10)21-11-2-3-11)22-13-9-20-23-15(13)12-8-17-5-6-18-12/h1,4-9,11H,2-3H2,(H,19,21)(H,20,23)(H,22,24). The summed E-state index contributed by atoms with van der Waals surface area (Å²) in [7, 11) is 0. The molecule has 4 rings (SSSR count). The van der Waals surface area contributed by atoms with Crippen molar-refractivity contribution in [2.24, 2.45) is 0 Å². The van der Waals surface area contributed by atoms with Crippen molar-refractivity contribution in [2.45, 2.75) is 18.9 Å². The van der Waals surface area contributed by atoms with Gasteiger partial charge < -0.3 is 10.6 Å². The fourth-order valence-corrected chi connectivity index (χ4v) is 2.25. The Morgan fingerprint density at radius 3 is 2.75 bits per heavy atom. The van der Waals surface area contributed by atoms with Crippen LogP contribution < -0.4 is 10.6 Å². The largest absolute Gasteiger partial charge is 0.367 e. The van der Waals surface area contributed by atoms with E-state index >= 15 is 0 Å². The lowest BCUT2D eigenvalue weighted by Gasteiger charge is -2.07. The maximum absolute atomic E-state index is 12.4. The Morgan fingerprint density at radius 2 is 2.04 bits per heavy atom. The third kappa shape index (κ3) is 3.07. The van der Waals surface area contributed by atoms with Crippen molar-refractivity contribution in [3.8, 4) is 11.4 Å². The van der Waals surface area contributed by atoms with E-state index in [0.717, 1.165) is 5.82 Å². The SMILES string of the molecule is O=C(Nc1cn[nH]c1-c1cnccn1)c1ccc(NC2CC2)nc1. The van der Waals surface area contributed by atoms with Gasteiger partial charge >= 0.3 is 0 Å². The molecular formula is C16H15N7O. The first-order valence-electron chi connectivity index (χ1n) is 7.63. The zero-order chi connectivity index (χ0) is 16.4. The number of hydrogen-bond acceptors (Lipinski definition) is 6. The van der Waals surface area contributed by atoms with Crippen molar-refractivity contribution in [1.82, 2.24) is 25.1 Å². The van der Waals surface area contributed by atoms with E-state index < -0.39 is 0 Å². The predicted molar refractivity (Wildman–Crippen MR) is 88.4 cm³/mol. The molecule has 0 saturated heterocycles. The number of rotatable bonds is 5. The summed E-state index contributed by atoms with van der Waals surface area (Å²) in [5, 5.41) is 12.9. The third-order valence-electron chi connectivity index (χ3n) is 3.66. The number of H-pyrrole nitrogens is 1. The third-order valence-corrected chi connectivity index (χ3v) is 3.66. The summed E-state index contributed by atoms with van der Waals surface area (Å²) in [5.74, 6) is 0.532. The van der Waals surface area contributed by atoms with Gasteiger partial charge in [-0.3, -0.25) is 19.9 Å². The number of aromatic nitrogens is 5. The minimum atomic E-state index is -0.257. The van der Waals surface area contributed by atoms with Crippen LogP contribution in [0, 0.1) is 0 Å². The average Bonchev–Trinajstić information content (AvgIpc) is 3.32. The number of pyridine rings is 1. The van der Waals surface area contributed by atoms with Crippen LogP contribution in [0.15, 0.2) is 43.1 Å². The van der Waals surface area contributed by atoms with Crippen molar-refractivity contribution in [2.75, 3.05) is 10.6 Å². The lowest BCUT2D eigenvalue weighted by atomic mass is 10.2. The fraction of sp³-hybridized carbons (Fsp3) is 0.188. The molecule has 120 valence electrons. The molecule has 0 radical (unpaired) electrons. The van der Waals surface area contributed by atoms with Crippen LogP contribution in [0.3, 0.4) is 0 Å². The molecule has 1 saturated carbocycles. The van der Waals surface area contributed by atoms with Gasteiger partial charge in [-0.2, -0.15) is 5.10 Å². The molecule has 0 unspecified atom stereocenters. The highest BCUT2D eigenvalue weighted by Crippen LogP contribution is 2.24. The van der Waals surface area contributed by atoms with E-state index in [4.69, 9.17) is 0 Å². The van der Waals surface area contributed by atoms with Gasteiger partial charge in [0.2, 0.25) is 0 Å². The lowest BCUT2D eigenvalue weighted by Crippen LogP contribution is -2.13. The summed E-state index contributed by atoms with van der Waals surface area (Å²) < 4.78 is 0. The molecule has 0 aliphatic heterocycles. The number of nitrogens with one attached hydrogen (secondary N) is 3. The van der Waals surface area contributed by atoms with Gasteiger partial charge in [-0.1, -0.05) is 0 Å². The van der Waals surface area contributed by atoms with Crippen LogP contribution in [0.1, 0.15) is 23.2 Å². The molecule has 3 aromatic heterocycles. The summed E-state index contributed by atoms with van der Waals surface area (Å²) in [6.45, 7) is 0. The van der Waals surface area contributed by atoms with E-state index in [1.54, 1.807) is 37.1 Å². The smallest absolute Gasteiger partial charge is 0.257 e. The molecule has 24 heavy (non-hydrogen) atoms. The molecule has 1 amide bonds. The van der Waals surface area contributed by atoms with E-state index in [2.05, 4.69) is 35.8 Å². The maximum atomic E-state index is 12.4. The Balaban J connectivity index is 1.49. The van der Waals surface area contributed by atoms with Crippen molar-refractivity contribution < 1.29 is 4.79 Å². The van der Waals surface area contributed by atoms with Gasteiger partial charge in [0.15, 0.2) is 0 Å². The Morgan fingerprint density at radius 1 is 1.12 bits per heavy atom. The van der Waals surface area contributed by atoms with Gasteiger partial charge in [-0.05, 0) is 25.0 Å². The van der Waals surface area contributed by atoms with Crippen molar-refractivity contribution in [1.29, 1.82) is 0 Å². The zero-order valence-corrected chi connectivity index (χ0v) is 12.7. The number of anilines is 2. The van der Waals surface area contributed by atoms with Crippen molar-refractivity contribution in [3.63, 3.8) is 0 Å². The molecule has 0 aromatic carbocycles. The fourth-order valence-electron chi connectivity index (χ4n) is 2.25. The summed E-state index contributed by atoms with van der Waals surface area (Å²) >= 11 is 0. The van der Waals surface area contributed by atoms with Gasteiger partial charge in [0.05, 0.1) is 23.6 Å². The molecule has 3 aromatic rings. The van der Waals surface area contributed by atoms with Crippen molar-refractivity contribution >= 4 is 17.4 Å². The normalized spacial score (nSPS) is 13.5. The van der Waals surface area contributed by atoms with E-state index in [1.807, 2.05) is 6.07 Å². The first kappa shape index (κ1) is 14.3. The molecular weight excluding hydrogens is 306 g/mol. The van der Waals surface area contributed by atoms with Gasteiger partial charge in [0.1, 0.15) is 17.2 Å². The minimum absolute atomic E-state index is 0.257. The first-order chi connectivity index (χ1) is 11.8. The van der Waals surface area contributed by atoms with Crippen LogP contribution in [0.4, 0.5) is 11.5 Å². The monoisotopic (exact) mass is 321 g/mol. The number of nitrogens with zero attached hydrogens (tertiary/aromatic N) is 4. The Hall–Kier alpha value is -3.29. The quantitative estimate of drug-likeness (QED) is 0.664. The second-order valence-electron chi connectivity index (χ2n) is 5.55. The topological polar surface area (TPSA) is 108 Å². The van der Waals surface area contributed by atoms with Gasteiger partial charge in [-0.25, -0.2) is 4.98 Å². The molecule has 0 spiro atoms. The molecule has 3 heterocycles. The van der Waals surface area contributed by atoms with Crippen LogP contribution in [0.25, 0.3) is 11.4 Å². The first-order valence-corrected chi connectivity index (χ1v) is 7.63. The molecule has 8 heteroatoms. The summed E-state index contributed by atoms with van der Waals surface area (Å²) in [6, 6.07) is 4.08. The van der Waals surface area contributed by atoms with Gasteiger partial charge in [-0.15, -0.1) is 0 Å². The van der Waals surface area contributed by atoms with E-state index in [9.17, 15) is 4.79 Å².